The van der Waals surface area contributed by atoms with Crippen LogP contribution in [0.3, 0.4) is 0 Å². The van der Waals surface area contributed by atoms with Crippen LogP contribution in [0.2, 0.25) is 0 Å². The molecule has 1 aliphatic heterocycles. The van der Waals surface area contributed by atoms with Crippen molar-refractivity contribution in [2.45, 2.75) is 97.2 Å². The Balaban J connectivity index is 1.26. The minimum Gasteiger partial charge on any atom is -0.444 e. The highest BCUT2D eigenvalue weighted by atomic mass is 16.6. The summed E-state index contributed by atoms with van der Waals surface area (Å²) < 4.78 is 7.80. The monoisotopic (exact) mass is 621 g/mol. The Bertz CT molecular complexity index is 1750. The summed E-state index contributed by atoms with van der Waals surface area (Å²) in [4.78, 5) is 41.5. The SMILES string of the molecule is Cc1ccc(-c2cc3cnc(N4CCC(N(CCc5ccccc5)C(=O)OC(C)(C)C)CC4)nc3n(C3CCCC3)c2=O)cc1C. The Kier molecular flexibility index (Phi) is 9.16. The first-order valence-corrected chi connectivity index (χ1v) is 16.9. The van der Waals surface area contributed by atoms with Gasteiger partial charge in [0.2, 0.25) is 5.95 Å². The molecule has 0 unspecified atom stereocenters. The van der Waals surface area contributed by atoms with E-state index < -0.39 is 5.60 Å². The number of rotatable bonds is 7. The van der Waals surface area contributed by atoms with Crippen molar-refractivity contribution in [2.75, 3.05) is 24.5 Å². The highest BCUT2D eigenvalue weighted by molar-refractivity contribution is 5.82. The van der Waals surface area contributed by atoms with E-state index in [0.717, 1.165) is 74.6 Å². The molecule has 0 spiro atoms. The number of pyridine rings is 1. The van der Waals surface area contributed by atoms with Gasteiger partial charge < -0.3 is 14.5 Å². The van der Waals surface area contributed by atoms with Crippen molar-refractivity contribution in [3.8, 4) is 11.1 Å². The molecular weight excluding hydrogens is 574 g/mol. The molecule has 0 bridgehead atoms. The largest absolute Gasteiger partial charge is 0.444 e. The third-order valence-electron chi connectivity index (χ3n) is 9.57. The smallest absolute Gasteiger partial charge is 0.410 e. The summed E-state index contributed by atoms with van der Waals surface area (Å²) in [5.74, 6) is 0.643. The Labute approximate surface area is 272 Å². The number of anilines is 1. The van der Waals surface area contributed by atoms with Gasteiger partial charge in [-0.2, -0.15) is 4.98 Å². The lowest BCUT2D eigenvalue weighted by Gasteiger charge is -2.39. The van der Waals surface area contributed by atoms with Crippen molar-refractivity contribution in [1.82, 2.24) is 19.4 Å². The molecule has 242 valence electrons. The van der Waals surface area contributed by atoms with Crippen molar-refractivity contribution < 1.29 is 9.53 Å². The number of carbonyl (C=O) groups is 1. The van der Waals surface area contributed by atoms with Crippen LogP contribution in [0.25, 0.3) is 22.2 Å². The van der Waals surface area contributed by atoms with Crippen molar-refractivity contribution in [1.29, 1.82) is 0 Å². The summed E-state index contributed by atoms with van der Waals surface area (Å²) in [6, 6.07) is 18.7. The summed E-state index contributed by atoms with van der Waals surface area (Å²) >= 11 is 0. The fourth-order valence-electron chi connectivity index (χ4n) is 6.90. The van der Waals surface area contributed by atoms with Crippen LogP contribution in [-0.2, 0) is 11.2 Å². The molecule has 0 radical (unpaired) electrons. The van der Waals surface area contributed by atoms with Gasteiger partial charge in [0.25, 0.3) is 5.56 Å². The highest BCUT2D eigenvalue weighted by Gasteiger charge is 2.32. The van der Waals surface area contributed by atoms with Crippen LogP contribution in [0, 0.1) is 13.8 Å². The quantitative estimate of drug-likeness (QED) is 0.211. The fraction of sp³-hybridized carbons (Fsp3) is 0.474. The van der Waals surface area contributed by atoms with Crippen molar-refractivity contribution in [2.24, 2.45) is 0 Å². The lowest BCUT2D eigenvalue weighted by molar-refractivity contribution is 0.0138. The van der Waals surface area contributed by atoms with E-state index >= 15 is 0 Å². The van der Waals surface area contributed by atoms with Crippen LogP contribution in [0.15, 0.2) is 65.6 Å². The third kappa shape index (κ3) is 6.96. The maximum atomic E-state index is 14.1. The number of carbonyl (C=O) groups excluding carboxylic acids is 1. The highest BCUT2D eigenvalue weighted by Crippen LogP contribution is 2.33. The second kappa shape index (κ2) is 13.3. The number of fused-ring (bicyclic) bond motifs is 1. The standard InChI is InChI=1S/C38H47N5O3/c1-26-15-16-29(23-27(26)2)33-24-30-25-39-36(40-34(30)43(35(33)44)32-13-9-10-14-32)41-20-18-31(19-21-41)42(37(45)46-38(3,4)5)22-17-28-11-7-6-8-12-28/h6-8,11-12,15-16,23-25,31-32H,9-10,13-14,17-22H2,1-5H3. The molecule has 2 aromatic carbocycles. The molecule has 3 heterocycles. The number of ether oxygens (including phenoxy) is 1. The van der Waals surface area contributed by atoms with E-state index in [9.17, 15) is 9.59 Å². The van der Waals surface area contributed by atoms with Crippen LogP contribution < -0.4 is 10.5 Å². The van der Waals surface area contributed by atoms with Gasteiger partial charge in [-0.05, 0) is 95.0 Å². The summed E-state index contributed by atoms with van der Waals surface area (Å²) in [6.45, 7) is 12.0. The van der Waals surface area contributed by atoms with Gasteiger partial charge in [0, 0.05) is 48.9 Å². The summed E-state index contributed by atoms with van der Waals surface area (Å²) in [5, 5.41) is 0.885. The van der Waals surface area contributed by atoms with E-state index in [1.165, 1.54) is 16.7 Å². The molecule has 1 aliphatic carbocycles. The zero-order chi connectivity index (χ0) is 32.4. The average Bonchev–Trinajstić information content (AvgIpc) is 3.56. The predicted molar refractivity (Wildman–Crippen MR) is 185 cm³/mol. The molecule has 8 heteroatoms. The zero-order valence-corrected chi connectivity index (χ0v) is 28.0. The van der Waals surface area contributed by atoms with Crippen LogP contribution >= 0.6 is 0 Å². The van der Waals surface area contributed by atoms with E-state index in [4.69, 9.17) is 14.7 Å². The minimum absolute atomic E-state index is 0.0254. The number of amides is 1. The van der Waals surface area contributed by atoms with E-state index in [-0.39, 0.29) is 23.7 Å². The van der Waals surface area contributed by atoms with E-state index in [1.807, 2.05) is 66.8 Å². The van der Waals surface area contributed by atoms with Gasteiger partial charge in [0.1, 0.15) is 11.2 Å². The Hall–Kier alpha value is -4.20. The maximum Gasteiger partial charge on any atom is 0.410 e. The molecule has 1 amide bonds. The number of nitrogens with zero attached hydrogens (tertiary/aromatic N) is 5. The molecule has 2 aliphatic rings. The van der Waals surface area contributed by atoms with Crippen molar-refractivity contribution in [3.05, 3.63) is 87.8 Å². The van der Waals surface area contributed by atoms with Gasteiger partial charge in [-0.25, -0.2) is 9.78 Å². The molecule has 4 aromatic rings. The molecule has 1 saturated carbocycles. The van der Waals surface area contributed by atoms with Gasteiger partial charge in [-0.15, -0.1) is 0 Å². The minimum atomic E-state index is -0.561. The van der Waals surface area contributed by atoms with E-state index in [0.29, 0.717) is 18.1 Å². The van der Waals surface area contributed by atoms with Crippen LogP contribution in [0.5, 0.6) is 0 Å². The summed E-state index contributed by atoms with van der Waals surface area (Å²) in [7, 11) is 0. The Morgan fingerprint density at radius 3 is 2.35 bits per heavy atom. The molecule has 6 rings (SSSR count). The van der Waals surface area contributed by atoms with Crippen molar-refractivity contribution in [3.63, 3.8) is 0 Å². The molecule has 0 N–H and O–H groups in total. The second-order valence-electron chi connectivity index (χ2n) is 14.0. The molecule has 8 nitrogen and oxygen atoms in total. The first-order chi connectivity index (χ1) is 22.1. The van der Waals surface area contributed by atoms with E-state index in [2.05, 4.69) is 43.0 Å². The number of aryl methyl sites for hydroxylation is 2. The Morgan fingerprint density at radius 2 is 1.67 bits per heavy atom. The van der Waals surface area contributed by atoms with Crippen LogP contribution in [0.4, 0.5) is 10.7 Å². The van der Waals surface area contributed by atoms with Gasteiger partial charge in [0.05, 0.1) is 0 Å². The number of aromatic nitrogens is 3. The summed E-state index contributed by atoms with van der Waals surface area (Å²) in [6.07, 6.45) is 8.19. The fourth-order valence-corrected chi connectivity index (χ4v) is 6.90. The second-order valence-corrected chi connectivity index (χ2v) is 14.0. The zero-order valence-electron chi connectivity index (χ0n) is 28.0. The molecule has 2 fully saturated rings. The lowest BCUT2D eigenvalue weighted by atomic mass is 10.0. The first kappa shape index (κ1) is 31.8. The number of benzene rings is 2. The Morgan fingerprint density at radius 1 is 0.957 bits per heavy atom. The first-order valence-electron chi connectivity index (χ1n) is 16.9. The van der Waals surface area contributed by atoms with Crippen molar-refractivity contribution >= 4 is 23.1 Å². The molecule has 1 saturated heterocycles. The maximum absolute atomic E-state index is 14.1. The van der Waals surface area contributed by atoms with Crippen LogP contribution in [0.1, 0.15) is 82.0 Å². The normalized spacial score (nSPS) is 16.2. The van der Waals surface area contributed by atoms with Gasteiger partial charge in [-0.1, -0.05) is 61.4 Å². The molecule has 2 aromatic heterocycles. The number of hydrogen-bond donors (Lipinski definition) is 0. The number of piperidine rings is 1. The average molecular weight is 622 g/mol. The molecular formula is C38H47N5O3. The predicted octanol–water partition coefficient (Wildman–Crippen LogP) is 7.64. The van der Waals surface area contributed by atoms with Gasteiger partial charge in [-0.3, -0.25) is 9.36 Å². The third-order valence-corrected chi connectivity index (χ3v) is 9.57. The van der Waals surface area contributed by atoms with Gasteiger partial charge in [0.15, 0.2) is 0 Å². The topological polar surface area (TPSA) is 80.6 Å². The summed E-state index contributed by atoms with van der Waals surface area (Å²) in [5.41, 5.74) is 5.41. The molecule has 0 atom stereocenters. The van der Waals surface area contributed by atoms with Gasteiger partial charge >= 0.3 is 6.09 Å². The molecule has 46 heavy (non-hydrogen) atoms. The lowest BCUT2D eigenvalue weighted by Crippen LogP contribution is -2.50. The van der Waals surface area contributed by atoms with E-state index in [1.54, 1.807) is 0 Å². The number of hydrogen-bond acceptors (Lipinski definition) is 6. The van der Waals surface area contributed by atoms with Crippen LogP contribution in [-0.4, -0.2) is 56.8 Å².